The van der Waals surface area contributed by atoms with Gasteiger partial charge in [0.2, 0.25) is 0 Å². The fourth-order valence-electron chi connectivity index (χ4n) is 3.55. The average Bonchev–Trinajstić information content (AvgIpc) is 2.63. The zero-order chi connectivity index (χ0) is 19.6. The van der Waals surface area contributed by atoms with Gasteiger partial charge in [0.1, 0.15) is 11.5 Å². The molecule has 0 atom stereocenters. The molecule has 1 aromatic rings. The molecule has 0 amide bonds. The molecule has 1 rings (SSSR count). The number of benzene rings is 1. The van der Waals surface area contributed by atoms with Crippen LogP contribution in [-0.2, 0) is 6.42 Å². The van der Waals surface area contributed by atoms with Gasteiger partial charge < -0.3 is 10.2 Å². The van der Waals surface area contributed by atoms with Crippen LogP contribution in [0.2, 0.25) is 0 Å². The lowest BCUT2D eigenvalue weighted by atomic mass is 10.0. The van der Waals surface area contributed by atoms with Gasteiger partial charge in [0, 0.05) is 6.07 Å². The van der Waals surface area contributed by atoms with Gasteiger partial charge in [-0.05, 0) is 56.2 Å². The van der Waals surface area contributed by atoms with Crippen LogP contribution in [0.15, 0.2) is 30.4 Å². The number of phenols is 2. The molecular weight excluding hydrogens is 332 g/mol. The van der Waals surface area contributed by atoms with E-state index in [1.165, 1.54) is 96.0 Å². The summed E-state index contributed by atoms with van der Waals surface area (Å²) in [6, 6.07) is 4.88. The quantitative estimate of drug-likeness (QED) is 0.214. The van der Waals surface area contributed by atoms with Crippen LogP contribution in [0.4, 0.5) is 0 Å². The van der Waals surface area contributed by atoms with E-state index < -0.39 is 0 Å². The molecule has 0 bridgehead atoms. The molecule has 0 unspecified atom stereocenters. The summed E-state index contributed by atoms with van der Waals surface area (Å²) in [4.78, 5) is 0. The minimum Gasteiger partial charge on any atom is -0.508 e. The summed E-state index contributed by atoms with van der Waals surface area (Å²) in [5, 5.41) is 18.9. The van der Waals surface area contributed by atoms with Crippen LogP contribution >= 0.6 is 0 Å². The summed E-state index contributed by atoms with van der Waals surface area (Å²) >= 11 is 0. The van der Waals surface area contributed by atoms with Crippen LogP contribution < -0.4 is 0 Å². The number of aryl methyl sites for hydroxylation is 1. The van der Waals surface area contributed by atoms with Gasteiger partial charge >= 0.3 is 0 Å². The maximum absolute atomic E-state index is 9.47. The molecule has 0 aliphatic carbocycles. The first kappa shape index (κ1) is 23.6. The summed E-state index contributed by atoms with van der Waals surface area (Å²) in [7, 11) is 0. The number of hydrogen-bond donors (Lipinski definition) is 2. The first-order chi connectivity index (χ1) is 13.2. The second-order valence-electron chi connectivity index (χ2n) is 7.90. The van der Waals surface area contributed by atoms with Crippen molar-refractivity contribution in [2.24, 2.45) is 0 Å². The minimum absolute atomic E-state index is 0.158. The van der Waals surface area contributed by atoms with Crippen LogP contribution in [0, 0.1) is 0 Å². The molecule has 0 heterocycles. The van der Waals surface area contributed by atoms with Crippen LogP contribution in [0.3, 0.4) is 0 Å². The molecule has 0 aromatic heterocycles. The van der Waals surface area contributed by atoms with E-state index in [4.69, 9.17) is 0 Å². The Balaban J connectivity index is 1.83. The Morgan fingerprint density at radius 2 is 1.04 bits per heavy atom. The van der Waals surface area contributed by atoms with Gasteiger partial charge in [-0.1, -0.05) is 83.3 Å². The van der Waals surface area contributed by atoms with Gasteiger partial charge in [-0.3, -0.25) is 0 Å². The average molecular weight is 375 g/mol. The number of aromatic hydroxyl groups is 2. The van der Waals surface area contributed by atoms with Crippen molar-refractivity contribution in [3.05, 3.63) is 35.9 Å². The highest BCUT2D eigenvalue weighted by atomic mass is 16.3. The van der Waals surface area contributed by atoms with Crippen molar-refractivity contribution in [1.82, 2.24) is 0 Å². The lowest BCUT2D eigenvalue weighted by Gasteiger charge is -2.04. The second kappa shape index (κ2) is 16.7. The molecule has 154 valence electrons. The molecule has 0 aliphatic heterocycles. The maximum atomic E-state index is 9.47. The van der Waals surface area contributed by atoms with Crippen molar-refractivity contribution in [3.8, 4) is 11.5 Å². The third kappa shape index (κ3) is 14.3. The number of phenolic OH excluding ortho intramolecular Hbond substituents is 2. The first-order valence-corrected chi connectivity index (χ1v) is 11.4. The Labute approximate surface area is 167 Å². The van der Waals surface area contributed by atoms with E-state index in [2.05, 4.69) is 19.1 Å². The van der Waals surface area contributed by atoms with Crippen molar-refractivity contribution in [2.75, 3.05) is 0 Å². The SMILES string of the molecule is CCCCCCCC/C=C/CCCCCCCCCc1cc(O)cc(O)c1. The fraction of sp³-hybridized carbons (Fsp3) is 0.680. The summed E-state index contributed by atoms with van der Waals surface area (Å²) in [6.07, 6.45) is 25.6. The zero-order valence-corrected chi connectivity index (χ0v) is 17.6. The van der Waals surface area contributed by atoms with Crippen molar-refractivity contribution in [1.29, 1.82) is 0 Å². The predicted octanol–water partition coefficient (Wildman–Crippen LogP) is 8.07. The summed E-state index contributed by atoms with van der Waals surface area (Å²) in [6.45, 7) is 2.27. The van der Waals surface area contributed by atoms with E-state index in [1.54, 1.807) is 12.1 Å². The Morgan fingerprint density at radius 1 is 0.593 bits per heavy atom. The minimum atomic E-state index is 0.158. The van der Waals surface area contributed by atoms with E-state index in [0.29, 0.717) is 0 Å². The highest BCUT2D eigenvalue weighted by Crippen LogP contribution is 2.22. The Bertz CT molecular complexity index is 473. The number of rotatable bonds is 17. The molecular formula is C25H42O2. The van der Waals surface area contributed by atoms with Gasteiger partial charge in [0.25, 0.3) is 0 Å². The first-order valence-electron chi connectivity index (χ1n) is 11.4. The summed E-state index contributed by atoms with van der Waals surface area (Å²) in [5.41, 5.74) is 1.03. The molecule has 1 aromatic carbocycles. The lowest BCUT2D eigenvalue weighted by Crippen LogP contribution is -1.86. The molecule has 2 N–H and O–H groups in total. The second-order valence-corrected chi connectivity index (χ2v) is 7.90. The predicted molar refractivity (Wildman–Crippen MR) is 118 cm³/mol. The molecule has 0 saturated carbocycles. The zero-order valence-electron chi connectivity index (χ0n) is 17.6. The molecule has 0 radical (unpaired) electrons. The van der Waals surface area contributed by atoms with Crippen LogP contribution in [0.5, 0.6) is 11.5 Å². The van der Waals surface area contributed by atoms with E-state index in [9.17, 15) is 10.2 Å². The van der Waals surface area contributed by atoms with Crippen molar-refractivity contribution >= 4 is 0 Å². The van der Waals surface area contributed by atoms with Crippen LogP contribution in [-0.4, -0.2) is 10.2 Å². The molecule has 2 heteroatoms. The number of hydrogen-bond acceptors (Lipinski definition) is 2. The smallest absolute Gasteiger partial charge is 0.119 e. The molecule has 2 nitrogen and oxygen atoms in total. The topological polar surface area (TPSA) is 40.5 Å². The van der Waals surface area contributed by atoms with Gasteiger partial charge in [0.05, 0.1) is 0 Å². The van der Waals surface area contributed by atoms with E-state index in [-0.39, 0.29) is 11.5 Å². The highest BCUT2D eigenvalue weighted by Gasteiger charge is 1.99. The van der Waals surface area contributed by atoms with Crippen LogP contribution in [0.1, 0.15) is 109 Å². The standard InChI is InChI=1S/C25H42O2/c1-2-3-4-5-6-7-8-9-10-11-12-13-14-15-16-17-18-19-23-20-24(26)22-25(27)21-23/h9-10,20-22,26-27H,2-8,11-19H2,1H3/b10-9+. The maximum Gasteiger partial charge on any atom is 0.119 e. The molecule has 0 fully saturated rings. The van der Waals surface area contributed by atoms with Crippen LogP contribution in [0.25, 0.3) is 0 Å². The van der Waals surface area contributed by atoms with Crippen molar-refractivity contribution in [2.45, 2.75) is 110 Å². The monoisotopic (exact) mass is 374 g/mol. The fourth-order valence-corrected chi connectivity index (χ4v) is 3.55. The van der Waals surface area contributed by atoms with Crippen molar-refractivity contribution < 1.29 is 10.2 Å². The molecule has 0 saturated heterocycles. The third-order valence-corrected chi connectivity index (χ3v) is 5.19. The molecule has 0 aliphatic rings. The lowest BCUT2D eigenvalue weighted by molar-refractivity contribution is 0.449. The van der Waals surface area contributed by atoms with Crippen molar-refractivity contribution in [3.63, 3.8) is 0 Å². The third-order valence-electron chi connectivity index (χ3n) is 5.19. The molecule has 0 spiro atoms. The highest BCUT2D eigenvalue weighted by molar-refractivity contribution is 5.36. The van der Waals surface area contributed by atoms with Gasteiger partial charge in [-0.15, -0.1) is 0 Å². The Morgan fingerprint density at radius 3 is 1.56 bits per heavy atom. The Kier molecular flexibility index (Phi) is 14.6. The number of allylic oxidation sites excluding steroid dienone is 2. The largest absolute Gasteiger partial charge is 0.508 e. The van der Waals surface area contributed by atoms with E-state index >= 15 is 0 Å². The summed E-state index contributed by atoms with van der Waals surface area (Å²) < 4.78 is 0. The van der Waals surface area contributed by atoms with Gasteiger partial charge in [-0.25, -0.2) is 0 Å². The van der Waals surface area contributed by atoms with Gasteiger partial charge in [-0.2, -0.15) is 0 Å². The van der Waals surface area contributed by atoms with Gasteiger partial charge in [0.15, 0.2) is 0 Å². The normalized spacial score (nSPS) is 11.4. The Hall–Kier alpha value is -1.44. The van der Waals surface area contributed by atoms with E-state index in [1.807, 2.05) is 0 Å². The molecule has 27 heavy (non-hydrogen) atoms. The summed E-state index contributed by atoms with van der Waals surface area (Å²) in [5.74, 6) is 0.317. The number of unbranched alkanes of at least 4 members (excludes halogenated alkanes) is 13. The van der Waals surface area contributed by atoms with E-state index in [0.717, 1.165) is 18.4 Å².